The summed E-state index contributed by atoms with van der Waals surface area (Å²) in [6, 6.07) is 16.1. The molecule has 0 saturated carbocycles. The van der Waals surface area contributed by atoms with Crippen molar-refractivity contribution in [2.75, 3.05) is 0 Å². The van der Waals surface area contributed by atoms with E-state index in [1.807, 2.05) is 70.0 Å². The van der Waals surface area contributed by atoms with Crippen LogP contribution in [0.15, 0.2) is 60.9 Å². The van der Waals surface area contributed by atoms with Crippen LogP contribution in [0.25, 0.3) is 22.4 Å². The van der Waals surface area contributed by atoms with E-state index in [0.29, 0.717) is 0 Å². The Hall–Kier alpha value is -2.62. The maximum Gasteiger partial charge on any atom is 0.114 e. The summed E-state index contributed by atoms with van der Waals surface area (Å²) in [4.78, 5) is 0. The summed E-state index contributed by atoms with van der Waals surface area (Å²) >= 11 is 0. The fourth-order valence-electron chi connectivity index (χ4n) is 2.13. The minimum Gasteiger partial charge on any atom is -0.240 e. The predicted molar refractivity (Wildman–Crippen MR) is 69.4 cm³/mol. The number of fused-ring (bicyclic) bond motifs is 2. The SMILES string of the molecule is c1ccn2nc(-c3cc4ccccn4n3)cc2c1. The van der Waals surface area contributed by atoms with Gasteiger partial charge in [0.1, 0.15) is 11.4 Å². The highest BCUT2D eigenvalue weighted by Crippen LogP contribution is 2.19. The summed E-state index contributed by atoms with van der Waals surface area (Å²) in [5, 5.41) is 9.04. The fourth-order valence-corrected chi connectivity index (χ4v) is 2.13. The molecule has 0 bridgehead atoms. The lowest BCUT2D eigenvalue weighted by atomic mass is 10.3. The standard InChI is InChI=1S/C14H10N4/c1-3-7-17-11(5-1)9-13(15-17)14-10-12-6-2-4-8-18(12)16-14/h1-10H. The van der Waals surface area contributed by atoms with E-state index >= 15 is 0 Å². The van der Waals surface area contributed by atoms with Gasteiger partial charge < -0.3 is 0 Å². The molecule has 4 heteroatoms. The summed E-state index contributed by atoms with van der Waals surface area (Å²) in [5.41, 5.74) is 3.93. The van der Waals surface area contributed by atoms with Gasteiger partial charge in [-0.25, -0.2) is 9.03 Å². The van der Waals surface area contributed by atoms with Crippen LogP contribution < -0.4 is 0 Å². The maximum absolute atomic E-state index is 4.52. The average molecular weight is 234 g/mol. The van der Waals surface area contributed by atoms with E-state index < -0.39 is 0 Å². The molecule has 0 unspecified atom stereocenters. The Kier molecular flexibility index (Phi) is 1.80. The first-order valence-corrected chi connectivity index (χ1v) is 5.79. The van der Waals surface area contributed by atoms with Gasteiger partial charge in [0.15, 0.2) is 0 Å². The molecule has 0 amide bonds. The average Bonchev–Trinajstić information content (AvgIpc) is 3.02. The molecular formula is C14H10N4. The maximum atomic E-state index is 4.52. The quantitative estimate of drug-likeness (QED) is 0.507. The molecule has 0 radical (unpaired) electrons. The van der Waals surface area contributed by atoms with Crippen molar-refractivity contribution in [3.63, 3.8) is 0 Å². The number of pyridine rings is 2. The van der Waals surface area contributed by atoms with E-state index in [-0.39, 0.29) is 0 Å². The van der Waals surface area contributed by atoms with E-state index in [4.69, 9.17) is 0 Å². The van der Waals surface area contributed by atoms with E-state index in [1.54, 1.807) is 0 Å². The van der Waals surface area contributed by atoms with Crippen LogP contribution in [0.5, 0.6) is 0 Å². The van der Waals surface area contributed by atoms with E-state index in [2.05, 4.69) is 10.2 Å². The number of rotatable bonds is 1. The van der Waals surface area contributed by atoms with Crippen molar-refractivity contribution in [1.29, 1.82) is 0 Å². The van der Waals surface area contributed by atoms with Crippen LogP contribution in [0.4, 0.5) is 0 Å². The third-order valence-corrected chi connectivity index (χ3v) is 3.00. The first-order valence-electron chi connectivity index (χ1n) is 5.79. The summed E-state index contributed by atoms with van der Waals surface area (Å²) in [7, 11) is 0. The van der Waals surface area contributed by atoms with Crippen molar-refractivity contribution in [2.45, 2.75) is 0 Å². The topological polar surface area (TPSA) is 34.6 Å². The lowest BCUT2D eigenvalue weighted by Gasteiger charge is -1.88. The molecule has 0 spiro atoms. The number of nitrogens with zero attached hydrogens (tertiary/aromatic N) is 4. The highest BCUT2D eigenvalue weighted by Gasteiger charge is 2.08. The summed E-state index contributed by atoms with van der Waals surface area (Å²) in [6.45, 7) is 0. The molecule has 0 aromatic carbocycles. The summed E-state index contributed by atoms with van der Waals surface area (Å²) in [5.74, 6) is 0. The van der Waals surface area contributed by atoms with E-state index in [9.17, 15) is 0 Å². The van der Waals surface area contributed by atoms with Crippen molar-refractivity contribution < 1.29 is 0 Å². The predicted octanol–water partition coefficient (Wildman–Crippen LogP) is 2.65. The molecule has 4 nitrogen and oxygen atoms in total. The molecule has 0 saturated heterocycles. The highest BCUT2D eigenvalue weighted by molar-refractivity contribution is 5.67. The molecule has 86 valence electrons. The smallest absolute Gasteiger partial charge is 0.114 e. The van der Waals surface area contributed by atoms with Gasteiger partial charge in [0.25, 0.3) is 0 Å². The summed E-state index contributed by atoms with van der Waals surface area (Å²) in [6.07, 6.45) is 3.88. The molecule has 4 rings (SSSR count). The van der Waals surface area contributed by atoms with Gasteiger partial charge >= 0.3 is 0 Å². The Morgan fingerprint density at radius 1 is 0.667 bits per heavy atom. The Balaban J connectivity index is 1.95. The normalized spacial score (nSPS) is 11.3. The van der Waals surface area contributed by atoms with Crippen molar-refractivity contribution in [3.8, 4) is 11.4 Å². The molecule has 0 aliphatic rings. The fraction of sp³-hybridized carbons (Fsp3) is 0. The van der Waals surface area contributed by atoms with Gasteiger partial charge in [-0.2, -0.15) is 10.2 Å². The first kappa shape index (κ1) is 9.41. The highest BCUT2D eigenvalue weighted by atomic mass is 15.3. The molecule has 4 aromatic heterocycles. The first-order chi connectivity index (χ1) is 8.90. The zero-order valence-corrected chi connectivity index (χ0v) is 9.56. The monoisotopic (exact) mass is 234 g/mol. The summed E-state index contributed by atoms with van der Waals surface area (Å²) < 4.78 is 3.72. The van der Waals surface area contributed by atoms with E-state index in [0.717, 1.165) is 22.4 Å². The van der Waals surface area contributed by atoms with Crippen molar-refractivity contribution in [2.24, 2.45) is 0 Å². The van der Waals surface area contributed by atoms with Crippen LogP contribution in [-0.4, -0.2) is 19.2 Å². The van der Waals surface area contributed by atoms with Gasteiger partial charge in [0.2, 0.25) is 0 Å². The Morgan fingerprint density at radius 3 is 1.61 bits per heavy atom. The van der Waals surface area contributed by atoms with Crippen molar-refractivity contribution in [3.05, 3.63) is 60.9 Å². The van der Waals surface area contributed by atoms with Gasteiger partial charge in [-0.1, -0.05) is 12.1 Å². The minimum absolute atomic E-state index is 0.893. The molecular weight excluding hydrogens is 224 g/mol. The van der Waals surface area contributed by atoms with Crippen LogP contribution >= 0.6 is 0 Å². The zero-order chi connectivity index (χ0) is 11.9. The largest absolute Gasteiger partial charge is 0.240 e. The van der Waals surface area contributed by atoms with E-state index in [1.165, 1.54) is 0 Å². The Labute approximate surface area is 103 Å². The van der Waals surface area contributed by atoms with Crippen LogP contribution in [0.1, 0.15) is 0 Å². The zero-order valence-electron chi connectivity index (χ0n) is 9.56. The number of hydrogen-bond acceptors (Lipinski definition) is 2. The van der Waals surface area contributed by atoms with Crippen LogP contribution in [0.3, 0.4) is 0 Å². The molecule has 4 heterocycles. The van der Waals surface area contributed by atoms with Crippen molar-refractivity contribution >= 4 is 11.0 Å². The van der Waals surface area contributed by atoms with Crippen LogP contribution in [0, 0.1) is 0 Å². The lowest BCUT2D eigenvalue weighted by Crippen LogP contribution is -1.87. The molecule has 0 atom stereocenters. The number of hydrogen-bond donors (Lipinski definition) is 0. The molecule has 0 aliphatic carbocycles. The molecule has 0 fully saturated rings. The molecule has 18 heavy (non-hydrogen) atoms. The molecule has 0 aliphatic heterocycles. The third-order valence-electron chi connectivity index (χ3n) is 3.00. The van der Waals surface area contributed by atoms with Gasteiger partial charge in [-0.05, 0) is 36.4 Å². The van der Waals surface area contributed by atoms with Crippen LogP contribution in [-0.2, 0) is 0 Å². The second kappa shape index (κ2) is 3.43. The second-order valence-electron chi connectivity index (χ2n) is 4.20. The lowest BCUT2D eigenvalue weighted by molar-refractivity contribution is 0.938. The second-order valence-corrected chi connectivity index (χ2v) is 4.20. The van der Waals surface area contributed by atoms with Crippen LogP contribution in [0.2, 0.25) is 0 Å². The number of aromatic nitrogens is 4. The van der Waals surface area contributed by atoms with Gasteiger partial charge in [0, 0.05) is 12.4 Å². The Morgan fingerprint density at radius 2 is 1.17 bits per heavy atom. The molecule has 4 aromatic rings. The molecule has 0 N–H and O–H groups in total. The van der Waals surface area contributed by atoms with Gasteiger partial charge in [-0.3, -0.25) is 0 Å². The van der Waals surface area contributed by atoms with Crippen molar-refractivity contribution in [1.82, 2.24) is 19.2 Å². The van der Waals surface area contributed by atoms with Gasteiger partial charge in [-0.15, -0.1) is 0 Å². The minimum atomic E-state index is 0.893. The Bertz CT molecular complexity index is 703. The third kappa shape index (κ3) is 1.32. The van der Waals surface area contributed by atoms with Gasteiger partial charge in [0.05, 0.1) is 11.0 Å².